The molecule has 0 saturated carbocycles. The minimum Gasteiger partial charge on any atom is -0.395 e. The number of rotatable bonds is 7. The molecule has 0 bridgehead atoms. The number of pyridine rings is 1. The molecule has 0 fully saturated rings. The summed E-state index contributed by atoms with van der Waals surface area (Å²) in [6.07, 6.45) is -2.40. The van der Waals surface area contributed by atoms with Crippen molar-refractivity contribution in [2.75, 3.05) is 23.4 Å². The summed E-state index contributed by atoms with van der Waals surface area (Å²) in [5, 5.41) is 20.1. The van der Waals surface area contributed by atoms with Crippen molar-refractivity contribution in [2.45, 2.75) is 32.0 Å². The molecular weight excluding hydrogens is 437 g/mol. The van der Waals surface area contributed by atoms with Crippen LogP contribution < -0.4 is 10.2 Å². The molecule has 174 valence electrons. The molecule has 4 rings (SSSR count). The van der Waals surface area contributed by atoms with Crippen molar-refractivity contribution < 1.29 is 23.1 Å². The highest BCUT2D eigenvalue weighted by molar-refractivity contribution is 6.10. The van der Waals surface area contributed by atoms with E-state index in [4.69, 9.17) is 0 Å². The van der Waals surface area contributed by atoms with Crippen molar-refractivity contribution in [3.63, 3.8) is 0 Å². The van der Waals surface area contributed by atoms with Gasteiger partial charge in [-0.25, -0.2) is 4.98 Å². The Bertz CT molecular complexity index is 1180. The number of anilines is 2. The maximum atomic E-state index is 13.5. The quantitative estimate of drug-likeness (QED) is 0.563. The number of aliphatic hydroxyl groups excluding tert-OH is 1. The fourth-order valence-electron chi connectivity index (χ4n) is 3.90. The monoisotopic (exact) mass is 460 g/mol. The van der Waals surface area contributed by atoms with Crippen molar-refractivity contribution in [1.29, 1.82) is 0 Å². The number of alkyl halides is 3. The number of hydrogen-bond acceptors (Lipinski definition) is 6. The van der Waals surface area contributed by atoms with E-state index < -0.39 is 17.6 Å². The number of hydrogen-bond donors (Lipinski definition) is 2. The number of carbonyl (C=O) groups is 1. The number of aryl methyl sites for hydroxylation is 1. The molecule has 1 aromatic carbocycles. The van der Waals surface area contributed by atoms with Gasteiger partial charge in [0.25, 0.3) is 5.91 Å². The maximum absolute atomic E-state index is 13.5. The van der Waals surface area contributed by atoms with Gasteiger partial charge in [0.15, 0.2) is 0 Å². The Balaban J connectivity index is 1.70. The highest BCUT2D eigenvalue weighted by atomic mass is 19.4. The molecule has 11 heteroatoms. The van der Waals surface area contributed by atoms with Crippen LogP contribution in [0.15, 0.2) is 36.7 Å². The minimum absolute atomic E-state index is 0.0222. The van der Waals surface area contributed by atoms with E-state index in [-0.39, 0.29) is 42.6 Å². The van der Waals surface area contributed by atoms with Gasteiger partial charge < -0.3 is 15.0 Å². The van der Waals surface area contributed by atoms with Crippen molar-refractivity contribution in [3.8, 4) is 0 Å². The van der Waals surface area contributed by atoms with Gasteiger partial charge in [0.2, 0.25) is 0 Å². The summed E-state index contributed by atoms with van der Waals surface area (Å²) in [5.41, 5.74) is -0.0299. The van der Waals surface area contributed by atoms with Crippen LogP contribution >= 0.6 is 0 Å². The number of amides is 1. The molecule has 8 nitrogen and oxygen atoms in total. The van der Waals surface area contributed by atoms with Gasteiger partial charge in [-0.15, -0.1) is 10.2 Å². The third-order valence-corrected chi connectivity index (χ3v) is 5.66. The molecule has 1 amide bonds. The van der Waals surface area contributed by atoms with Gasteiger partial charge in [0.1, 0.15) is 23.8 Å². The number of nitrogens with one attached hydrogen (secondary N) is 1. The Morgan fingerprint density at radius 1 is 1.27 bits per heavy atom. The summed E-state index contributed by atoms with van der Waals surface area (Å²) >= 11 is 0. The van der Waals surface area contributed by atoms with Crippen LogP contribution in [0.3, 0.4) is 0 Å². The third-order valence-electron chi connectivity index (χ3n) is 5.66. The molecule has 3 heterocycles. The molecule has 1 atom stereocenters. The molecule has 0 radical (unpaired) electrons. The zero-order chi connectivity index (χ0) is 23.8. The molecule has 0 aliphatic carbocycles. The molecular formula is C22H23F3N6O2. The zero-order valence-corrected chi connectivity index (χ0v) is 18.1. The highest BCUT2D eigenvalue weighted by Crippen LogP contribution is 2.38. The van der Waals surface area contributed by atoms with Crippen LogP contribution in [0.4, 0.5) is 24.8 Å². The number of aromatic nitrogens is 4. The third kappa shape index (κ3) is 4.54. The van der Waals surface area contributed by atoms with Crippen LogP contribution in [0, 0.1) is 0 Å². The summed E-state index contributed by atoms with van der Waals surface area (Å²) in [4.78, 5) is 18.7. The molecule has 0 saturated heterocycles. The standard InChI is InChI=1S/C22H23F3N6O2/c1-13(8-20-29-27-12-30(20)2)14-9-18(26-6-7-32)28-19(10-14)31-11-16-15(21(31)33)4-3-5-17(16)22(23,24)25/h3-5,9-10,12-13,32H,6-8,11H2,1-2H3,(H,26,28). The Hall–Kier alpha value is -3.47. The van der Waals surface area contributed by atoms with Crippen LogP contribution in [0.5, 0.6) is 0 Å². The summed E-state index contributed by atoms with van der Waals surface area (Å²) < 4.78 is 42.3. The fraction of sp³-hybridized carbons (Fsp3) is 0.364. The molecule has 2 aromatic heterocycles. The molecule has 2 N–H and O–H groups in total. The van der Waals surface area contributed by atoms with Crippen LogP contribution in [0.25, 0.3) is 0 Å². The van der Waals surface area contributed by atoms with E-state index in [0.29, 0.717) is 12.2 Å². The van der Waals surface area contributed by atoms with E-state index in [1.165, 1.54) is 17.0 Å². The SMILES string of the molecule is CC(Cc1nncn1C)c1cc(NCCO)nc(N2Cc3c(cccc3C(F)(F)F)C2=O)c1. The summed E-state index contributed by atoms with van der Waals surface area (Å²) in [6.45, 7) is 1.86. The first-order valence-corrected chi connectivity index (χ1v) is 10.4. The first-order valence-electron chi connectivity index (χ1n) is 10.4. The van der Waals surface area contributed by atoms with E-state index in [0.717, 1.165) is 17.5 Å². The minimum atomic E-state index is -4.56. The predicted molar refractivity (Wildman–Crippen MR) is 115 cm³/mol. The van der Waals surface area contributed by atoms with Crippen molar-refractivity contribution >= 4 is 17.5 Å². The average molecular weight is 460 g/mol. The number of benzene rings is 1. The van der Waals surface area contributed by atoms with Gasteiger partial charge in [-0.1, -0.05) is 13.0 Å². The highest BCUT2D eigenvalue weighted by Gasteiger charge is 2.40. The van der Waals surface area contributed by atoms with Gasteiger partial charge in [0, 0.05) is 25.6 Å². The molecule has 33 heavy (non-hydrogen) atoms. The maximum Gasteiger partial charge on any atom is 0.416 e. The van der Waals surface area contributed by atoms with E-state index in [2.05, 4.69) is 20.5 Å². The smallest absolute Gasteiger partial charge is 0.395 e. The first-order chi connectivity index (χ1) is 15.7. The first kappa shape index (κ1) is 22.7. The van der Waals surface area contributed by atoms with Crippen molar-refractivity contribution in [1.82, 2.24) is 19.7 Å². The van der Waals surface area contributed by atoms with Crippen LogP contribution in [-0.2, 0) is 26.2 Å². The second-order valence-corrected chi connectivity index (χ2v) is 7.98. The average Bonchev–Trinajstić information content (AvgIpc) is 3.34. The number of fused-ring (bicyclic) bond motifs is 1. The molecule has 0 spiro atoms. The van der Waals surface area contributed by atoms with E-state index in [1.54, 1.807) is 18.5 Å². The Morgan fingerprint density at radius 2 is 2.06 bits per heavy atom. The van der Waals surface area contributed by atoms with Gasteiger partial charge in [-0.2, -0.15) is 13.2 Å². The second kappa shape index (κ2) is 8.81. The number of aliphatic hydroxyl groups is 1. The fourth-order valence-corrected chi connectivity index (χ4v) is 3.90. The largest absolute Gasteiger partial charge is 0.416 e. The van der Waals surface area contributed by atoms with Crippen molar-refractivity contribution in [3.05, 3.63) is 64.7 Å². The number of carbonyl (C=O) groups excluding carboxylic acids is 1. The lowest BCUT2D eigenvalue weighted by Crippen LogP contribution is -2.25. The Kier molecular flexibility index (Phi) is 6.07. The normalized spacial score (nSPS) is 14.5. The topological polar surface area (TPSA) is 96.2 Å². The molecule has 1 aliphatic heterocycles. The van der Waals surface area contributed by atoms with Crippen molar-refractivity contribution in [2.24, 2.45) is 7.05 Å². The molecule has 1 unspecified atom stereocenters. The molecule has 3 aromatic rings. The van der Waals surface area contributed by atoms with Crippen LogP contribution in [-0.4, -0.2) is 43.9 Å². The predicted octanol–water partition coefficient (Wildman–Crippen LogP) is 3.14. The van der Waals surface area contributed by atoms with Crippen LogP contribution in [0.1, 0.15) is 45.7 Å². The van der Waals surface area contributed by atoms with Gasteiger partial charge >= 0.3 is 6.18 Å². The van der Waals surface area contributed by atoms with E-state index >= 15 is 0 Å². The van der Waals surface area contributed by atoms with Gasteiger partial charge in [-0.05, 0) is 41.3 Å². The Labute approximate surface area is 188 Å². The summed E-state index contributed by atoms with van der Waals surface area (Å²) in [5.74, 6) is 0.850. The lowest BCUT2D eigenvalue weighted by Gasteiger charge is -2.20. The zero-order valence-electron chi connectivity index (χ0n) is 18.1. The number of halogens is 3. The lowest BCUT2D eigenvalue weighted by molar-refractivity contribution is -0.138. The van der Waals surface area contributed by atoms with Gasteiger partial charge in [-0.3, -0.25) is 9.69 Å². The second-order valence-electron chi connectivity index (χ2n) is 7.98. The summed E-state index contributed by atoms with van der Waals surface area (Å²) in [6, 6.07) is 7.14. The summed E-state index contributed by atoms with van der Waals surface area (Å²) in [7, 11) is 1.84. The Morgan fingerprint density at radius 3 is 2.73 bits per heavy atom. The van der Waals surface area contributed by atoms with Gasteiger partial charge in [0.05, 0.1) is 18.7 Å². The van der Waals surface area contributed by atoms with E-state index in [1.807, 2.05) is 18.5 Å². The lowest BCUT2D eigenvalue weighted by atomic mass is 9.98. The number of nitrogens with zero attached hydrogens (tertiary/aromatic N) is 5. The molecule has 1 aliphatic rings. The van der Waals surface area contributed by atoms with Crippen LogP contribution in [0.2, 0.25) is 0 Å². The van der Waals surface area contributed by atoms with E-state index in [9.17, 15) is 23.1 Å².